The van der Waals surface area contributed by atoms with E-state index in [1.807, 2.05) is 0 Å². The van der Waals surface area contributed by atoms with Crippen LogP contribution in [0.3, 0.4) is 0 Å². The Bertz CT molecular complexity index is 1060. The average molecular weight is 490 g/mol. The number of nitro groups is 1. The summed E-state index contributed by atoms with van der Waals surface area (Å²) < 4.78 is 9.84. The molecule has 0 aliphatic carbocycles. The molecule has 2 aromatic carbocycles. The molecule has 0 spiro atoms. The molecule has 2 aromatic rings. The first-order valence-electron chi connectivity index (χ1n) is 9.80. The predicted octanol–water partition coefficient (Wildman–Crippen LogP) is 1.07. The molecular formula is C21H22N4O8S. The number of amides is 3. The van der Waals surface area contributed by atoms with Crippen molar-refractivity contribution >= 4 is 41.1 Å². The number of methoxy groups -OCH3 is 1. The number of carbonyl (C=O) groups is 4. The molecule has 13 heteroatoms. The molecule has 0 aliphatic heterocycles. The van der Waals surface area contributed by atoms with Crippen molar-refractivity contribution in [3.63, 3.8) is 0 Å². The van der Waals surface area contributed by atoms with Gasteiger partial charge in [-0.15, -0.1) is 11.8 Å². The van der Waals surface area contributed by atoms with Crippen LogP contribution in [0, 0.1) is 10.1 Å². The summed E-state index contributed by atoms with van der Waals surface area (Å²) in [6.45, 7) is 0.0596. The molecule has 0 aromatic heterocycles. The Morgan fingerprint density at radius 2 is 1.79 bits per heavy atom. The predicted molar refractivity (Wildman–Crippen MR) is 121 cm³/mol. The quantitative estimate of drug-likeness (QED) is 0.137. The Balaban J connectivity index is 1.83. The molecule has 3 amide bonds. The second-order valence-corrected chi connectivity index (χ2v) is 7.53. The van der Waals surface area contributed by atoms with Crippen LogP contribution in [-0.4, -0.2) is 61.2 Å². The number of nitro benzene ring substituents is 1. The van der Waals surface area contributed by atoms with Gasteiger partial charge in [-0.1, -0.05) is 18.2 Å². The molecular weight excluding hydrogens is 468 g/mol. The van der Waals surface area contributed by atoms with Crippen molar-refractivity contribution in [1.29, 1.82) is 0 Å². The van der Waals surface area contributed by atoms with Crippen LogP contribution in [0.15, 0.2) is 53.4 Å². The van der Waals surface area contributed by atoms with E-state index in [0.717, 1.165) is 17.8 Å². The Morgan fingerprint density at radius 1 is 1.03 bits per heavy atom. The molecule has 2 rings (SSSR count). The molecule has 0 aliphatic rings. The van der Waals surface area contributed by atoms with Gasteiger partial charge in [-0.05, 0) is 18.2 Å². The van der Waals surface area contributed by atoms with Gasteiger partial charge in [0.05, 0.1) is 22.8 Å². The molecule has 0 fully saturated rings. The van der Waals surface area contributed by atoms with Crippen LogP contribution in [0.1, 0.15) is 20.7 Å². The number of hydrogen-bond donors (Lipinski definition) is 3. The van der Waals surface area contributed by atoms with Crippen LogP contribution >= 0.6 is 11.8 Å². The number of benzene rings is 2. The second kappa shape index (κ2) is 13.5. The number of rotatable bonds is 11. The van der Waals surface area contributed by atoms with Gasteiger partial charge in [0, 0.05) is 36.2 Å². The lowest BCUT2D eigenvalue weighted by Gasteiger charge is -2.10. The van der Waals surface area contributed by atoms with Crippen LogP contribution in [0.5, 0.6) is 0 Å². The van der Waals surface area contributed by atoms with Gasteiger partial charge in [0.2, 0.25) is 5.91 Å². The fourth-order valence-corrected chi connectivity index (χ4v) is 3.32. The first kappa shape index (κ1) is 26.3. The van der Waals surface area contributed by atoms with E-state index in [9.17, 15) is 29.3 Å². The third-order valence-corrected chi connectivity index (χ3v) is 5.14. The second-order valence-electron chi connectivity index (χ2n) is 6.51. The van der Waals surface area contributed by atoms with E-state index in [4.69, 9.17) is 9.47 Å². The number of ether oxygens (including phenoxy) is 2. The van der Waals surface area contributed by atoms with Crippen molar-refractivity contribution < 1.29 is 33.6 Å². The van der Waals surface area contributed by atoms with Gasteiger partial charge in [-0.3, -0.25) is 35.3 Å². The number of non-ortho nitro benzene ring substituents is 1. The third kappa shape index (κ3) is 8.52. The minimum Gasteiger partial charge on any atom is -0.452 e. The highest BCUT2D eigenvalue weighted by atomic mass is 32.2. The zero-order valence-corrected chi connectivity index (χ0v) is 18.9. The van der Waals surface area contributed by atoms with Gasteiger partial charge in [0.25, 0.3) is 17.5 Å². The van der Waals surface area contributed by atoms with E-state index in [1.165, 1.54) is 31.4 Å². The number of hydrazine groups is 1. The lowest BCUT2D eigenvalue weighted by atomic mass is 10.2. The fraction of sp³-hybridized carbons (Fsp3) is 0.238. The van der Waals surface area contributed by atoms with Gasteiger partial charge >= 0.3 is 5.97 Å². The van der Waals surface area contributed by atoms with Gasteiger partial charge < -0.3 is 14.8 Å². The van der Waals surface area contributed by atoms with Crippen LogP contribution in [-0.2, 0) is 19.1 Å². The van der Waals surface area contributed by atoms with E-state index in [1.54, 1.807) is 18.2 Å². The standard InChI is InChI=1S/C21H22N4O8S/c1-32-10-9-22-19(27)13-34-17-8-3-2-7-16(17)21(29)33-12-18(26)23-24-20(28)14-5-4-6-15(11-14)25(30)31/h2-8,11H,9-10,12-13H2,1H3,(H,22,27)(H,23,26)(H,24,28). The van der Waals surface area contributed by atoms with Gasteiger partial charge in [-0.25, -0.2) is 4.79 Å². The van der Waals surface area contributed by atoms with Gasteiger partial charge in [-0.2, -0.15) is 0 Å². The maximum Gasteiger partial charge on any atom is 0.339 e. The lowest BCUT2D eigenvalue weighted by Crippen LogP contribution is -2.43. The summed E-state index contributed by atoms with van der Waals surface area (Å²) in [6.07, 6.45) is 0. The Morgan fingerprint density at radius 3 is 2.53 bits per heavy atom. The molecule has 12 nitrogen and oxygen atoms in total. The summed E-state index contributed by atoms with van der Waals surface area (Å²) in [6, 6.07) is 11.4. The lowest BCUT2D eigenvalue weighted by molar-refractivity contribution is -0.384. The molecule has 0 unspecified atom stereocenters. The minimum absolute atomic E-state index is 0.0382. The van der Waals surface area contributed by atoms with E-state index in [-0.39, 0.29) is 28.5 Å². The summed E-state index contributed by atoms with van der Waals surface area (Å²) in [5.41, 5.74) is 4.00. The summed E-state index contributed by atoms with van der Waals surface area (Å²) in [7, 11) is 1.52. The smallest absolute Gasteiger partial charge is 0.339 e. The Kier molecular flexibility index (Phi) is 10.5. The molecule has 180 valence electrons. The zero-order valence-electron chi connectivity index (χ0n) is 18.1. The summed E-state index contributed by atoms with van der Waals surface area (Å²) in [5.74, 6) is -2.56. The van der Waals surface area contributed by atoms with Crippen molar-refractivity contribution in [3.8, 4) is 0 Å². The maximum absolute atomic E-state index is 12.4. The van der Waals surface area contributed by atoms with Gasteiger partial charge in [0.15, 0.2) is 6.61 Å². The van der Waals surface area contributed by atoms with Crippen LogP contribution in [0.25, 0.3) is 0 Å². The van der Waals surface area contributed by atoms with Crippen LogP contribution < -0.4 is 16.2 Å². The molecule has 0 saturated heterocycles. The molecule has 0 radical (unpaired) electrons. The van der Waals surface area contributed by atoms with E-state index >= 15 is 0 Å². The summed E-state index contributed by atoms with van der Waals surface area (Å²) >= 11 is 1.13. The maximum atomic E-state index is 12.4. The van der Waals surface area contributed by atoms with Gasteiger partial charge in [0.1, 0.15) is 0 Å². The largest absolute Gasteiger partial charge is 0.452 e. The molecule has 0 bridgehead atoms. The highest BCUT2D eigenvalue weighted by Gasteiger charge is 2.17. The number of esters is 1. The van der Waals surface area contributed by atoms with Crippen molar-refractivity contribution in [1.82, 2.24) is 16.2 Å². The van der Waals surface area contributed by atoms with E-state index < -0.39 is 29.3 Å². The first-order valence-corrected chi connectivity index (χ1v) is 10.8. The van der Waals surface area contributed by atoms with Crippen molar-refractivity contribution in [3.05, 3.63) is 69.8 Å². The summed E-state index contributed by atoms with van der Waals surface area (Å²) in [4.78, 5) is 58.9. The van der Waals surface area contributed by atoms with E-state index in [0.29, 0.717) is 18.0 Å². The molecule has 0 heterocycles. The molecule has 3 N–H and O–H groups in total. The monoisotopic (exact) mass is 490 g/mol. The number of thioether (sulfide) groups is 1. The third-order valence-electron chi connectivity index (χ3n) is 4.06. The Labute approximate surface area is 198 Å². The molecule has 34 heavy (non-hydrogen) atoms. The minimum atomic E-state index is -0.824. The fourth-order valence-electron chi connectivity index (χ4n) is 2.45. The number of hydrogen-bond acceptors (Lipinski definition) is 9. The van der Waals surface area contributed by atoms with E-state index in [2.05, 4.69) is 16.2 Å². The Hall–Kier alpha value is -3.97. The number of carbonyl (C=O) groups excluding carboxylic acids is 4. The zero-order chi connectivity index (χ0) is 24.9. The summed E-state index contributed by atoms with van der Waals surface area (Å²) in [5, 5.41) is 13.5. The van der Waals surface area contributed by atoms with Crippen LogP contribution in [0.2, 0.25) is 0 Å². The first-order chi connectivity index (χ1) is 16.3. The average Bonchev–Trinajstić information content (AvgIpc) is 2.84. The topological polar surface area (TPSA) is 166 Å². The highest BCUT2D eigenvalue weighted by molar-refractivity contribution is 8.00. The number of nitrogens with zero attached hydrogens (tertiary/aromatic N) is 1. The molecule has 0 atom stereocenters. The highest BCUT2D eigenvalue weighted by Crippen LogP contribution is 2.23. The van der Waals surface area contributed by atoms with Crippen LogP contribution in [0.4, 0.5) is 5.69 Å². The molecule has 0 saturated carbocycles. The van der Waals surface area contributed by atoms with Crippen molar-refractivity contribution in [2.45, 2.75) is 4.90 Å². The van der Waals surface area contributed by atoms with Crippen molar-refractivity contribution in [2.75, 3.05) is 32.6 Å². The normalized spacial score (nSPS) is 10.1. The van der Waals surface area contributed by atoms with Crippen molar-refractivity contribution in [2.24, 2.45) is 0 Å². The number of nitrogens with one attached hydrogen (secondary N) is 3. The SMILES string of the molecule is COCCNC(=O)CSc1ccccc1C(=O)OCC(=O)NNC(=O)c1cccc([N+](=O)[O-])c1.